The van der Waals surface area contributed by atoms with Crippen LogP contribution in [-0.2, 0) is 11.3 Å². The number of nitrogens with one attached hydrogen (secondary N) is 1. The van der Waals surface area contributed by atoms with Crippen LogP contribution in [0.5, 0.6) is 11.5 Å². The van der Waals surface area contributed by atoms with Crippen molar-refractivity contribution in [3.63, 3.8) is 0 Å². The standard InChI is InChI=1S/C15H22N2O3/c1-3-10(2)14(16)15(18)17-9-11-4-5-12-13(8-11)20-7-6-19-12/h4-5,8,10,14H,3,6-7,9,16H2,1-2H3,(H,17,18)/t10-,14-/m0/s1. The molecular weight excluding hydrogens is 256 g/mol. The van der Waals surface area contributed by atoms with Crippen molar-refractivity contribution in [1.29, 1.82) is 0 Å². The van der Waals surface area contributed by atoms with Crippen molar-refractivity contribution in [1.82, 2.24) is 5.32 Å². The van der Waals surface area contributed by atoms with E-state index in [1.165, 1.54) is 0 Å². The van der Waals surface area contributed by atoms with Crippen LogP contribution in [0, 0.1) is 5.92 Å². The molecular formula is C15H22N2O3. The van der Waals surface area contributed by atoms with E-state index < -0.39 is 6.04 Å². The van der Waals surface area contributed by atoms with Crippen molar-refractivity contribution in [3.8, 4) is 11.5 Å². The molecule has 0 saturated heterocycles. The molecule has 1 aliphatic rings. The number of hydrogen-bond acceptors (Lipinski definition) is 4. The van der Waals surface area contributed by atoms with Crippen molar-refractivity contribution >= 4 is 5.91 Å². The van der Waals surface area contributed by atoms with E-state index in [0.717, 1.165) is 23.5 Å². The quantitative estimate of drug-likeness (QED) is 0.855. The summed E-state index contributed by atoms with van der Waals surface area (Å²) in [5, 5.41) is 2.86. The Bertz CT molecular complexity index is 476. The highest BCUT2D eigenvalue weighted by atomic mass is 16.6. The van der Waals surface area contributed by atoms with Gasteiger partial charge in [-0.2, -0.15) is 0 Å². The fourth-order valence-electron chi connectivity index (χ4n) is 2.02. The summed E-state index contributed by atoms with van der Waals surface area (Å²) < 4.78 is 11.0. The van der Waals surface area contributed by atoms with Crippen LogP contribution in [-0.4, -0.2) is 25.2 Å². The minimum atomic E-state index is -0.461. The Hall–Kier alpha value is -1.75. The number of carbonyl (C=O) groups is 1. The average Bonchev–Trinajstić information content (AvgIpc) is 2.50. The predicted octanol–water partition coefficient (Wildman–Crippen LogP) is 1.45. The summed E-state index contributed by atoms with van der Waals surface area (Å²) in [5.74, 6) is 1.54. The summed E-state index contributed by atoms with van der Waals surface area (Å²) >= 11 is 0. The second-order valence-electron chi connectivity index (χ2n) is 5.11. The summed E-state index contributed by atoms with van der Waals surface area (Å²) in [5.41, 5.74) is 6.86. The number of rotatable bonds is 5. The summed E-state index contributed by atoms with van der Waals surface area (Å²) in [7, 11) is 0. The van der Waals surface area contributed by atoms with Gasteiger partial charge in [-0.1, -0.05) is 26.3 Å². The third-order valence-corrected chi connectivity index (χ3v) is 3.63. The van der Waals surface area contributed by atoms with Gasteiger partial charge in [-0.25, -0.2) is 0 Å². The molecule has 0 aromatic heterocycles. The molecule has 1 heterocycles. The molecule has 0 unspecified atom stereocenters. The first-order chi connectivity index (χ1) is 9.61. The van der Waals surface area contributed by atoms with Crippen molar-refractivity contribution in [2.24, 2.45) is 11.7 Å². The third kappa shape index (κ3) is 3.42. The predicted molar refractivity (Wildman–Crippen MR) is 76.7 cm³/mol. The summed E-state index contributed by atoms with van der Waals surface area (Å²) in [4.78, 5) is 11.9. The first kappa shape index (κ1) is 14.7. The first-order valence-electron chi connectivity index (χ1n) is 7.03. The molecule has 3 N–H and O–H groups in total. The van der Waals surface area contributed by atoms with Gasteiger partial charge in [0, 0.05) is 6.54 Å². The van der Waals surface area contributed by atoms with Gasteiger partial charge < -0.3 is 20.5 Å². The first-order valence-corrected chi connectivity index (χ1v) is 7.03. The number of hydrogen-bond donors (Lipinski definition) is 2. The number of ether oxygens (including phenoxy) is 2. The van der Waals surface area contributed by atoms with Crippen molar-refractivity contribution in [2.45, 2.75) is 32.9 Å². The highest BCUT2D eigenvalue weighted by Gasteiger charge is 2.19. The van der Waals surface area contributed by atoms with Gasteiger partial charge in [-0.15, -0.1) is 0 Å². The molecule has 1 aromatic carbocycles. The normalized spacial score (nSPS) is 16.4. The fourth-order valence-corrected chi connectivity index (χ4v) is 2.02. The molecule has 2 atom stereocenters. The number of fused-ring (bicyclic) bond motifs is 1. The Balaban J connectivity index is 1.92. The zero-order chi connectivity index (χ0) is 14.5. The molecule has 20 heavy (non-hydrogen) atoms. The van der Waals surface area contributed by atoms with Crippen LogP contribution in [0.3, 0.4) is 0 Å². The van der Waals surface area contributed by atoms with Crippen LogP contribution >= 0.6 is 0 Å². The summed E-state index contributed by atoms with van der Waals surface area (Å²) in [6.07, 6.45) is 0.888. The van der Waals surface area contributed by atoms with Crippen molar-refractivity contribution < 1.29 is 14.3 Å². The maximum Gasteiger partial charge on any atom is 0.237 e. The lowest BCUT2D eigenvalue weighted by Gasteiger charge is -2.20. The van der Waals surface area contributed by atoms with E-state index in [-0.39, 0.29) is 11.8 Å². The maximum absolute atomic E-state index is 11.9. The SMILES string of the molecule is CC[C@H](C)[C@H](N)C(=O)NCc1ccc2c(c1)OCCO2. The lowest BCUT2D eigenvalue weighted by molar-refractivity contribution is -0.123. The molecule has 0 bridgehead atoms. The van der Waals surface area contributed by atoms with Gasteiger partial charge in [-0.3, -0.25) is 4.79 Å². The van der Waals surface area contributed by atoms with E-state index in [1.807, 2.05) is 32.0 Å². The Morgan fingerprint density at radius 2 is 2.05 bits per heavy atom. The van der Waals surface area contributed by atoms with Gasteiger partial charge in [-0.05, 0) is 23.6 Å². The molecule has 5 nitrogen and oxygen atoms in total. The Labute approximate surface area is 119 Å². The van der Waals surface area contributed by atoms with Gasteiger partial charge >= 0.3 is 0 Å². The number of carbonyl (C=O) groups excluding carboxylic acids is 1. The molecule has 0 fully saturated rings. The van der Waals surface area contributed by atoms with Gasteiger partial charge in [0.2, 0.25) is 5.91 Å². The Kier molecular flexibility index (Phi) is 4.84. The molecule has 0 aliphatic carbocycles. The van der Waals surface area contributed by atoms with E-state index in [1.54, 1.807) is 0 Å². The number of benzene rings is 1. The van der Waals surface area contributed by atoms with Gasteiger partial charge in [0.25, 0.3) is 0 Å². The minimum absolute atomic E-state index is 0.116. The minimum Gasteiger partial charge on any atom is -0.486 e. The lowest BCUT2D eigenvalue weighted by Crippen LogP contribution is -2.44. The number of nitrogens with two attached hydrogens (primary N) is 1. The Morgan fingerprint density at radius 1 is 1.35 bits per heavy atom. The molecule has 1 aliphatic heterocycles. The molecule has 2 rings (SSSR count). The zero-order valence-electron chi connectivity index (χ0n) is 12.0. The van der Waals surface area contributed by atoms with E-state index in [2.05, 4.69) is 5.32 Å². The molecule has 0 radical (unpaired) electrons. The second-order valence-corrected chi connectivity index (χ2v) is 5.11. The zero-order valence-corrected chi connectivity index (χ0v) is 12.0. The highest BCUT2D eigenvalue weighted by Crippen LogP contribution is 2.30. The van der Waals surface area contributed by atoms with Gasteiger partial charge in [0.05, 0.1) is 6.04 Å². The fraction of sp³-hybridized carbons (Fsp3) is 0.533. The lowest BCUT2D eigenvalue weighted by atomic mass is 9.99. The van der Waals surface area contributed by atoms with E-state index in [9.17, 15) is 4.79 Å². The third-order valence-electron chi connectivity index (χ3n) is 3.63. The van der Waals surface area contributed by atoms with Crippen LogP contribution in [0.15, 0.2) is 18.2 Å². The molecule has 0 saturated carbocycles. The molecule has 0 spiro atoms. The van der Waals surface area contributed by atoms with Crippen LogP contribution in [0.25, 0.3) is 0 Å². The van der Waals surface area contributed by atoms with Crippen molar-refractivity contribution in [3.05, 3.63) is 23.8 Å². The highest BCUT2D eigenvalue weighted by molar-refractivity contribution is 5.81. The summed E-state index contributed by atoms with van der Waals surface area (Å²) in [6, 6.07) is 5.22. The van der Waals surface area contributed by atoms with E-state index in [0.29, 0.717) is 19.8 Å². The monoisotopic (exact) mass is 278 g/mol. The average molecular weight is 278 g/mol. The van der Waals surface area contributed by atoms with Crippen LogP contribution in [0.1, 0.15) is 25.8 Å². The molecule has 5 heteroatoms. The molecule has 1 aromatic rings. The van der Waals surface area contributed by atoms with Crippen LogP contribution in [0.2, 0.25) is 0 Å². The number of amides is 1. The summed E-state index contributed by atoms with van der Waals surface area (Å²) in [6.45, 7) is 5.58. The van der Waals surface area contributed by atoms with Gasteiger partial charge in [0.1, 0.15) is 13.2 Å². The molecule has 1 amide bonds. The topological polar surface area (TPSA) is 73.6 Å². The van der Waals surface area contributed by atoms with Crippen molar-refractivity contribution in [2.75, 3.05) is 13.2 Å². The molecule has 110 valence electrons. The largest absolute Gasteiger partial charge is 0.486 e. The van der Waals surface area contributed by atoms with Gasteiger partial charge in [0.15, 0.2) is 11.5 Å². The second kappa shape index (κ2) is 6.61. The van der Waals surface area contributed by atoms with Crippen LogP contribution in [0.4, 0.5) is 0 Å². The smallest absolute Gasteiger partial charge is 0.237 e. The van der Waals surface area contributed by atoms with E-state index in [4.69, 9.17) is 15.2 Å². The van der Waals surface area contributed by atoms with E-state index >= 15 is 0 Å². The Morgan fingerprint density at radius 3 is 2.75 bits per heavy atom. The maximum atomic E-state index is 11.9. The van der Waals surface area contributed by atoms with Crippen LogP contribution < -0.4 is 20.5 Å².